The van der Waals surface area contributed by atoms with Crippen molar-refractivity contribution in [2.45, 2.75) is 98.0 Å². The van der Waals surface area contributed by atoms with Crippen LogP contribution in [-0.2, 0) is 14.3 Å². The van der Waals surface area contributed by atoms with E-state index in [9.17, 15) is 9.59 Å². The molecule has 0 aromatic rings. The number of Topliss-reactive ketones (excluding diaryl/α,β-unsaturated/α-hetero) is 1. The maximum Gasteiger partial charge on any atom is 0.217 e. The molecule has 0 atom stereocenters. The van der Waals surface area contributed by atoms with E-state index in [1.807, 2.05) is 13.8 Å². The molecule has 2 saturated carbocycles. The highest BCUT2D eigenvalue weighted by Crippen LogP contribution is 2.26. The Kier molecular flexibility index (Phi) is 20.4. The van der Waals surface area contributed by atoms with Crippen LogP contribution in [0.2, 0.25) is 0 Å². The fraction of sp³-hybridized carbons (Fsp3) is 0.900. The number of carbonyl (C=O) groups is 2. The molecule has 0 aromatic heterocycles. The number of nitrogens with two attached hydrogens (primary N) is 1. The van der Waals surface area contributed by atoms with E-state index in [-0.39, 0.29) is 12.5 Å². The van der Waals surface area contributed by atoms with Gasteiger partial charge in [0.15, 0.2) is 0 Å². The molecule has 25 heavy (non-hydrogen) atoms. The lowest BCUT2D eigenvalue weighted by Gasteiger charge is -2.21. The van der Waals surface area contributed by atoms with Crippen LogP contribution in [0.25, 0.3) is 0 Å². The molecule has 0 aromatic carbocycles. The van der Waals surface area contributed by atoms with Gasteiger partial charge in [0.2, 0.25) is 5.91 Å². The second-order valence-electron chi connectivity index (χ2n) is 6.26. The van der Waals surface area contributed by atoms with Gasteiger partial charge < -0.3 is 15.6 Å². The van der Waals surface area contributed by atoms with Crippen LogP contribution in [0.5, 0.6) is 0 Å². The van der Waals surface area contributed by atoms with E-state index in [4.69, 9.17) is 15.6 Å². The first kappa shape index (κ1) is 26.3. The molecule has 0 saturated heterocycles. The number of hydrogen-bond donors (Lipinski definition) is 2. The number of ether oxygens (including phenoxy) is 1. The lowest BCUT2D eigenvalue weighted by Crippen LogP contribution is -2.18. The molecule has 0 spiro atoms. The highest BCUT2D eigenvalue weighted by atomic mass is 16.5. The Morgan fingerprint density at radius 3 is 1.88 bits per heavy atom. The molecule has 2 aliphatic rings. The Labute approximate surface area is 154 Å². The Morgan fingerprint density at radius 2 is 1.56 bits per heavy atom. The van der Waals surface area contributed by atoms with Gasteiger partial charge in [-0.3, -0.25) is 9.59 Å². The Balaban J connectivity index is 0. The smallest absolute Gasteiger partial charge is 0.217 e. The number of aliphatic hydroxyl groups is 1. The number of hydrogen-bond acceptors (Lipinski definition) is 4. The molecule has 0 unspecified atom stereocenters. The zero-order valence-electron chi connectivity index (χ0n) is 16.9. The van der Waals surface area contributed by atoms with Gasteiger partial charge in [-0.1, -0.05) is 39.5 Å². The van der Waals surface area contributed by atoms with E-state index < -0.39 is 0 Å². The Hall–Kier alpha value is -0.940. The van der Waals surface area contributed by atoms with Crippen molar-refractivity contribution in [1.82, 2.24) is 0 Å². The SMILES string of the molecule is CC.CC(=O)C1CCC1.CCO.NC(=O)CCCOC1CCCCC1. The fourth-order valence-electron chi connectivity index (χ4n) is 2.54. The minimum Gasteiger partial charge on any atom is -0.397 e. The zero-order valence-corrected chi connectivity index (χ0v) is 16.9. The number of aliphatic hydroxyl groups excluding tert-OH is 1. The van der Waals surface area contributed by atoms with Crippen molar-refractivity contribution in [2.24, 2.45) is 11.7 Å². The molecule has 0 heterocycles. The van der Waals surface area contributed by atoms with E-state index in [2.05, 4.69) is 0 Å². The normalized spacial score (nSPS) is 16.7. The van der Waals surface area contributed by atoms with Crippen LogP contribution >= 0.6 is 0 Å². The molecule has 150 valence electrons. The number of amides is 1. The predicted molar refractivity (Wildman–Crippen MR) is 103 cm³/mol. The van der Waals surface area contributed by atoms with Crippen LogP contribution in [0.4, 0.5) is 0 Å². The van der Waals surface area contributed by atoms with Crippen LogP contribution in [-0.4, -0.2) is 36.1 Å². The van der Waals surface area contributed by atoms with Gasteiger partial charge >= 0.3 is 0 Å². The molecule has 0 radical (unpaired) electrons. The highest BCUT2D eigenvalue weighted by molar-refractivity contribution is 5.78. The van der Waals surface area contributed by atoms with Gasteiger partial charge in [-0.15, -0.1) is 0 Å². The lowest BCUT2D eigenvalue weighted by molar-refractivity contribution is -0.123. The molecule has 5 nitrogen and oxygen atoms in total. The third-order valence-electron chi connectivity index (χ3n) is 4.15. The lowest BCUT2D eigenvalue weighted by atomic mass is 9.83. The summed E-state index contributed by atoms with van der Waals surface area (Å²) >= 11 is 0. The number of ketones is 1. The second kappa shape index (κ2) is 19.4. The van der Waals surface area contributed by atoms with Crippen molar-refractivity contribution in [1.29, 1.82) is 0 Å². The van der Waals surface area contributed by atoms with Crippen LogP contribution < -0.4 is 5.73 Å². The summed E-state index contributed by atoms with van der Waals surface area (Å²) in [5, 5.41) is 7.57. The second-order valence-corrected chi connectivity index (χ2v) is 6.26. The van der Waals surface area contributed by atoms with Crippen molar-refractivity contribution in [3.8, 4) is 0 Å². The van der Waals surface area contributed by atoms with Gasteiger partial charge in [-0.25, -0.2) is 0 Å². The number of carbonyl (C=O) groups excluding carboxylic acids is 2. The van der Waals surface area contributed by atoms with Gasteiger partial charge in [-0.05, 0) is 46.0 Å². The van der Waals surface area contributed by atoms with Crippen LogP contribution in [0, 0.1) is 5.92 Å². The standard InChI is InChI=1S/C10H19NO2.C6H10O.C2H6O.C2H6/c11-10(12)7-4-8-13-9-5-2-1-3-6-9;1-5(7)6-3-2-4-6;1-2-3;1-2/h9H,1-8H2,(H2,11,12);6H,2-4H2,1H3;3H,2H2,1H3;1-2H3. The van der Waals surface area contributed by atoms with Gasteiger partial charge in [0.25, 0.3) is 0 Å². The number of rotatable bonds is 6. The molecule has 1 amide bonds. The summed E-state index contributed by atoms with van der Waals surface area (Å²) in [4.78, 5) is 20.8. The third-order valence-corrected chi connectivity index (χ3v) is 4.15. The van der Waals surface area contributed by atoms with Crippen molar-refractivity contribution in [3.63, 3.8) is 0 Å². The first-order valence-electron chi connectivity index (χ1n) is 10.0. The topological polar surface area (TPSA) is 89.6 Å². The molecule has 0 bridgehead atoms. The van der Waals surface area contributed by atoms with Crippen LogP contribution in [0.1, 0.15) is 91.9 Å². The molecule has 5 heteroatoms. The molecule has 3 N–H and O–H groups in total. The minimum absolute atomic E-state index is 0.229. The minimum atomic E-state index is -0.229. The maximum absolute atomic E-state index is 10.4. The van der Waals surface area contributed by atoms with E-state index in [1.165, 1.54) is 38.5 Å². The quantitative estimate of drug-likeness (QED) is 0.701. The van der Waals surface area contributed by atoms with E-state index in [0.717, 1.165) is 19.3 Å². The van der Waals surface area contributed by atoms with Gasteiger partial charge in [0.1, 0.15) is 5.78 Å². The monoisotopic (exact) mass is 359 g/mol. The molecular formula is C20H41NO4. The summed E-state index contributed by atoms with van der Waals surface area (Å²) in [6, 6.07) is 0. The summed E-state index contributed by atoms with van der Waals surface area (Å²) in [7, 11) is 0. The molecule has 2 aliphatic carbocycles. The van der Waals surface area contributed by atoms with Gasteiger partial charge in [-0.2, -0.15) is 0 Å². The maximum atomic E-state index is 10.4. The third kappa shape index (κ3) is 17.7. The number of primary amides is 1. The van der Waals surface area contributed by atoms with Gasteiger partial charge in [0.05, 0.1) is 6.10 Å². The Bertz CT molecular complexity index is 311. The van der Waals surface area contributed by atoms with Gasteiger partial charge in [0, 0.05) is 25.6 Å². The first-order chi connectivity index (χ1) is 12.0. The van der Waals surface area contributed by atoms with E-state index in [1.54, 1.807) is 13.8 Å². The molecular weight excluding hydrogens is 318 g/mol. The van der Waals surface area contributed by atoms with E-state index >= 15 is 0 Å². The van der Waals surface area contributed by atoms with E-state index in [0.29, 0.717) is 30.8 Å². The summed E-state index contributed by atoms with van der Waals surface area (Å²) in [5.74, 6) is 0.596. The first-order valence-corrected chi connectivity index (χ1v) is 10.0. The van der Waals surface area contributed by atoms with Crippen molar-refractivity contribution in [2.75, 3.05) is 13.2 Å². The highest BCUT2D eigenvalue weighted by Gasteiger charge is 2.20. The summed E-state index contributed by atoms with van der Waals surface area (Å²) in [6.07, 6.45) is 11.5. The van der Waals surface area contributed by atoms with Crippen molar-refractivity contribution in [3.05, 3.63) is 0 Å². The fourth-order valence-corrected chi connectivity index (χ4v) is 2.54. The zero-order chi connectivity index (χ0) is 19.5. The average Bonchev–Trinajstić information content (AvgIpc) is 2.54. The van der Waals surface area contributed by atoms with Crippen molar-refractivity contribution < 1.29 is 19.4 Å². The Morgan fingerprint density at radius 1 is 1.04 bits per heavy atom. The van der Waals surface area contributed by atoms with Crippen LogP contribution in [0.15, 0.2) is 0 Å². The summed E-state index contributed by atoms with van der Waals surface area (Å²) < 4.78 is 5.63. The van der Waals surface area contributed by atoms with Crippen LogP contribution in [0.3, 0.4) is 0 Å². The molecule has 2 rings (SSSR count). The molecule has 0 aliphatic heterocycles. The molecule has 2 fully saturated rings. The summed E-state index contributed by atoms with van der Waals surface area (Å²) in [6.45, 7) is 8.30. The predicted octanol–water partition coefficient (Wildman–Crippen LogP) is 4.00. The largest absolute Gasteiger partial charge is 0.397 e. The van der Waals surface area contributed by atoms with Crippen molar-refractivity contribution >= 4 is 11.7 Å². The average molecular weight is 360 g/mol. The summed E-state index contributed by atoms with van der Waals surface area (Å²) in [5.41, 5.74) is 5.02.